The monoisotopic (exact) mass is 420 g/mol. The van der Waals surface area contributed by atoms with Gasteiger partial charge in [0.05, 0.1) is 36.9 Å². The number of methoxy groups -OCH3 is 1. The fourth-order valence-corrected chi connectivity index (χ4v) is 3.96. The first-order valence-corrected chi connectivity index (χ1v) is 10.7. The molecule has 2 aromatic carbocycles. The standard InChI is InChI=1S/C20H24N2O6S/c1-5-28-16-12-10-15(11-13-16)22(29(4,25)26)14(2)19(23)21-18-9-7-6-8-17(18)20(24)27-3/h6-14H,5H2,1-4H3,(H,21,23). The van der Waals surface area contributed by atoms with Gasteiger partial charge in [-0.15, -0.1) is 0 Å². The smallest absolute Gasteiger partial charge is 0.339 e. The van der Waals surface area contributed by atoms with Crippen molar-refractivity contribution in [3.8, 4) is 5.75 Å². The van der Waals surface area contributed by atoms with E-state index in [-0.39, 0.29) is 11.3 Å². The molecule has 9 heteroatoms. The highest BCUT2D eigenvalue weighted by molar-refractivity contribution is 7.92. The second-order valence-corrected chi connectivity index (χ2v) is 8.05. The Labute approximate surface area is 170 Å². The topological polar surface area (TPSA) is 102 Å². The summed E-state index contributed by atoms with van der Waals surface area (Å²) in [5.74, 6) is -0.616. The van der Waals surface area contributed by atoms with Gasteiger partial charge in [0.1, 0.15) is 11.8 Å². The molecule has 0 saturated heterocycles. The molecular formula is C20H24N2O6S. The van der Waals surface area contributed by atoms with Crippen molar-refractivity contribution in [3.05, 3.63) is 54.1 Å². The molecule has 0 aliphatic rings. The van der Waals surface area contributed by atoms with Gasteiger partial charge in [-0.2, -0.15) is 0 Å². The molecule has 2 rings (SSSR count). The van der Waals surface area contributed by atoms with E-state index in [1.165, 1.54) is 20.1 Å². The van der Waals surface area contributed by atoms with Crippen molar-refractivity contribution >= 4 is 33.3 Å². The van der Waals surface area contributed by atoms with E-state index >= 15 is 0 Å². The van der Waals surface area contributed by atoms with Crippen LogP contribution < -0.4 is 14.4 Å². The second-order valence-electron chi connectivity index (χ2n) is 6.19. The number of benzene rings is 2. The average molecular weight is 420 g/mol. The van der Waals surface area contributed by atoms with E-state index in [1.54, 1.807) is 42.5 Å². The maximum atomic E-state index is 12.8. The zero-order valence-corrected chi connectivity index (χ0v) is 17.5. The predicted octanol–water partition coefficient (Wildman–Crippen LogP) is 2.67. The van der Waals surface area contributed by atoms with Crippen molar-refractivity contribution in [3.63, 3.8) is 0 Å². The Morgan fingerprint density at radius 1 is 1.10 bits per heavy atom. The molecule has 0 radical (unpaired) electrons. The lowest BCUT2D eigenvalue weighted by Gasteiger charge is -2.28. The molecular weight excluding hydrogens is 396 g/mol. The summed E-state index contributed by atoms with van der Waals surface area (Å²) < 4.78 is 35.9. The number of hydrogen-bond donors (Lipinski definition) is 1. The molecule has 0 aliphatic heterocycles. The minimum Gasteiger partial charge on any atom is -0.494 e. The lowest BCUT2D eigenvalue weighted by atomic mass is 10.1. The summed E-state index contributed by atoms with van der Waals surface area (Å²) in [5.41, 5.74) is 0.721. The number of esters is 1. The molecule has 0 saturated carbocycles. The molecule has 8 nitrogen and oxygen atoms in total. The molecule has 29 heavy (non-hydrogen) atoms. The molecule has 2 aromatic rings. The first-order valence-electron chi connectivity index (χ1n) is 8.89. The number of para-hydroxylation sites is 1. The van der Waals surface area contributed by atoms with E-state index in [0.717, 1.165) is 10.6 Å². The molecule has 1 N–H and O–H groups in total. The zero-order chi connectivity index (χ0) is 21.6. The third-order valence-electron chi connectivity index (χ3n) is 4.08. The van der Waals surface area contributed by atoms with Crippen molar-refractivity contribution in [1.29, 1.82) is 0 Å². The van der Waals surface area contributed by atoms with Gasteiger partial charge in [0.2, 0.25) is 15.9 Å². The fourth-order valence-electron chi connectivity index (χ4n) is 2.78. The SMILES string of the molecule is CCOc1ccc(N(C(C)C(=O)Nc2ccccc2C(=O)OC)S(C)(=O)=O)cc1. The lowest BCUT2D eigenvalue weighted by molar-refractivity contribution is -0.116. The summed E-state index contributed by atoms with van der Waals surface area (Å²) in [5, 5.41) is 2.61. The molecule has 0 aromatic heterocycles. The minimum atomic E-state index is -3.77. The summed E-state index contributed by atoms with van der Waals surface area (Å²) in [6, 6.07) is 11.7. The molecule has 1 atom stereocenters. The van der Waals surface area contributed by atoms with Crippen LogP contribution in [-0.2, 0) is 19.6 Å². The third-order valence-corrected chi connectivity index (χ3v) is 5.32. The first kappa shape index (κ1) is 22.2. The van der Waals surface area contributed by atoms with Gasteiger partial charge in [0.25, 0.3) is 0 Å². The van der Waals surface area contributed by atoms with Crippen LogP contribution >= 0.6 is 0 Å². The van der Waals surface area contributed by atoms with Gasteiger partial charge in [-0.1, -0.05) is 12.1 Å². The number of hydrogen-bond acceptors (Lipinski definition) is 6. The molecule has 1 amide bonds. The number of anilines is 2. The Morgan fingerprint density at radius 3 is 2.28 bits per heavy atom. The van der Waals surface area contributed by atoms with E-state index in [4.69, 9.17) is 9.47 Å². The maximum absolute atomic E-state index is 12.8. The molecule has 0 heterocycles. The van der Waals surface area contributed by atoms with E-state index < -0.39 is 27.9 Å². The Balaban J connectivity index is 2.32. The van der Waals surface area contributed by atoms with Crippen LogP contribution in [0.4, 0.5) is 11.4 Å². The first-order chi connectivity index (χ1) is 13.7. The van der Waals surface area contributed by atoms with E-state index in [1.807, 2.05) is 6.92 Å². The summed E-state index contributed by atoms with van der Waals surface area (Å²) >= 11 is 0. The summed E-state index contributed by atoms with van der Waals surface area (Å²) in [6.45, 7) is 3.79. The average Bonchev–Trinajstić information content (AvgIpc) is 2.68. The third kappa shape index (κ3) is 5.47. The molecule has 0 spiro atoms. The number of nitrogens with one attached hydrogen (secondary N) is 1. The van der Waals surface area contributed by atoms with E-state index in [2.05, 4.69) is 5.32 Å². The zero-order valence-electron chi connectivity index (χ0n) is 16.7. The Kier molecular flexibility index (Phi) is 7.22. The lowest BCUT2D eigenvalue weighted by Crippen LogP contribution is -2.45. The highest BCUT2D eigenvalue weighted by atomic mass is 32.2. The van der Waals surface area contributed by atoms with Crippen LogP contribution in [0.25, 0.3) is 0 Å². The number of sulfonamides is 1. The van der Waals surface area contributed by atoms with E-state index in [9.17, 15) is 18.0 Å². The number of amides is 1. The molecule has 156 valence electrons. The Bertz CT molecular complexity index is 973. The van der Waals surface area contributed by atoms with Gasteiger partial charge < -0.3 is 14.8 Å². The van der Waals surface area contributed by atoms with Crippen LogP contribution in [0.5, 0.6) is 5.75 Å². The van der Waals surface area contributed by atoms with Gasteiger partial charge >= 0.3 is 5.97 Å². The Hall–Kier alpha value is -3.07. The normalized spacial score (nSPS) is 12.0. The highest BCUT2D eigenvalue weighted by Gasteiger charge is 2.30. The number of carbonyl (C=O) groups excluding carboxylic acids is 2. The predicted molar refractivity (Wildman–Crippen MR) is 111 cm³/mol. The maximum Gasteiger partial charge on any atom is 0.339 e. The Morgan fingerprint density at radius 2 is 1.72 bits per heavy atom. The summed E-state index contributed by atoms with van der Waals surface area (Å²) in [7, 11) is -2.53. The van der Waals surface area contributed by atoms with E-state index in [0.29, 0.717) is 18.0 Å². The fraction of sp³-hybridized carbons (Fsp3) is 0.300. The largest absolute Gasteiger partial charge is 0.494 e. The van der Waals surface area contributed by atoms with Gasteiger partial charge in [-0.05, 0) is 50.2 Å². The minimum absolute atomic E-state index is 0.169. The van der Waals surface area contributed by atoms with Crippen LogP contribution in [0, 0.1) is 0 Å². The van der Waals surface area contributed by atoms with Crippen LogP contribution in [0.15, 0.2) is 48.5 Å². The second kappa shape index (κ2) is 9.42. The van der Waals surface area contributed by atoms with Gasteiger partial charge in [-0.25, -0.2) is 13.2 Å². The van der Waals surface area contributed by atoms with Gasteiger partial charge in [0.15, 0.2) is 0 Å². The van der Waals surface area contributed by atoms with Gasteiger partial charge in [0, 0.05) is 0 Å². The van der Waals surface area contributed by atoms with Crippen molar-refractivity contribution < 1.29 is 27.5 Å². The highest BCUT2D eigenvalue weighted by Crippen LogP contribution is 2.25. The van der Waals surface area contributed by atoms with Crippen LogP contribution in [-0.4, -0.2) is 46.3 Å². The summed E-state index contributed by atoms with van der Waals surface area (Å²) in [6.07, 6.45) is 1.02. The molecule has 0 aliphatic carbocycles. The van der Waals surface area contributed by atoms with Crippen LogP contribution in [0.1, 0.15) is 24.2 Å². The number of ether oxygens (including phenoxy) is 2. The number of carbonyl (C=O) groups is 2. The van der Waals surface area contributed by atoms with Crippen molar-refractivity contribution in [1.82, 2.24) is 0 Å². The number of rotatable bonds is 8. The quantitative estimate of drug-likeness (QED) is 0.659. The summed E-state index contributed by atoms with van der Waals surface area (Å²) in [4.78, 5) is 24.7. The van der Waals surface area contributed by atoms with Gasteiger partial charge in [-0.3, -0.25) is 9.10 Å². The van der Waals surface area contributed by atoms with Crippen molar-refractivity contribution in [2.45, 2.75) is 19.9 Å². The molecule has 0 fully saturated rings. The van der Waals surface area contributed by atoms with Crippen LogP contribution in [0.2, 0.25) is 0 Å². The molecule has 0 bridgehead atoms. The van der Waals surface area contributed by atoms with Crippen LogP contribution in [0.3, 0.4) is 0 Å². The molecule has 1 unspecified atom stereocenters. The van der Waals surface area contributed by atoms with Crippen molar-refractivity contribution in [2.75, 3.05) is 29.6 Å². The van der Waals surface area contributed by atoms with Crippen molar-refractivity contribution in [2.24, 2.45) is 0 Å². The number of nitrogens with zero attached hydrogens (tertiary/aromatic N) is 1.